The van der Waals surface area contributed by atoms with Gasteiger partial charge in [-0.15, -0.1) is 0 Å². The number of anilines is 1. The molecule has 0 bridgehead atoms. The third-order valence-corrected chi connectivity index (χ3v) is 3.33. The number of aliphatic hydroxyl groups is 1. The molecule has 2 atom stereocenters. The maximum absolute atomic E-state index is 14.0. The molecule has 0 spiro atoms. The molecule has 19 heavy (non-hydrogen) atoms. The number of hydrogen-bond donors (Lipinski definition) is 2. The number of hydrogen-bond acceptors (Lipinski definition) is 6. The summed E-state index contributed by atoms with van der Waals surface area (Å²) in [5.41, 5.74) is 4.54. The molecule has 9 heteroatoms. The van der Waals surface area contributed by atoms with Gasteiger partial charge in [-0.25, -0.2) is 9.37 Å². The average molecular weight is 288 g/mol. The Hall–Kier alpha value is -1.51. The SMILES string of the molecule is Nc1nc(Cl)c2ncn([C@@H]3C[C@](F)(CO)CO3)c2n1. The summed E-state index contributed by atoms with van der Waals surface area (Å²) in [6.45, 7) is -0.768. The molecule has 7 nitrogen and oxygen atoms in total. The standard InChI is InChI=1S/C10H11ClFN5O2/c11-7-6-8(16-9(13)15-7)17(4-14-6)5-1-10(12,2-18)3-19-5/h4-5,18H,1-3H2,(H2,13,15,16)/t5-,10-/m0/s1. The van der Waals surface area contributed by atoms with E-state index >= 15 is 0 Å². The highest BCUT2D eigenvalue weighted by Gasteiger charge is 2.41. The number of imidazole rings is 1. The van der Waals surface area contributed by atoms with Crippen molar-refractivity contribution in [3.05, 3.63) is 11.5 Å². The van der Waals surface area contributed by atoms with E-state index in [9.17, 15) is 4.39 Å². The largest absolute Gasteiger partial charge is 0.393 e. The van der Waals surface area contributed by atoms with Crippen molar-refractivity contribution in [2.75, 3.05) is 18.9 Å². The Morgan fingerprint density at radius 1 is 1.63 bits per heavy atom. The van der Waals surface area contributed by atoms with E-state index in [0.29, 0.717) is 11.2 Å². The van der Waals surface area contributed by atoms with Crippen molar-refractivity contribution in [3.63, 3.8) is 0 Å². The molecule has 0 aromatic carbocycles. The van der Waals surface area contributed by atoms with Gasteiger partial charge in [0.25, 0.3) is 0 Å². The number of alkyl halides is 1. The number of ether oxygens (including phenoxy) is 1. The lowest BCUT2D eigenvalue weighted by atomic mass is 10.1. The van der Waals surface area contributed by atoms with E-state index in [0.717, 1.165) is 0 Å². The van der Waals surface area contributed by atoms with Crippen LogP contribution >= 0.6 is 11.6 Å². The highest BCUT2D eigenvalue weighted by Crippen LogP contribution is 2.35. The van der Waals surface area contributed by atoms with E-state index in [1.165, 1.54) is 10.9 Å². The molecule has 0 amide bonds. The highest BCUT2D eigenvalue weighted by molar-refractivity contribution is 6.33. The molecular weight excluding hydrogens is 277 g/mol. The Labute approximate surface area is 112 Å². The number of nitrogen functional groups attached to an aromatic ring is 1. The number of nitrogens with zero attached hydrogens (tertiary/aromatic N) is 4. The predicted octanol–water partition coefficient (Wildman–Crippen LogP) is 0.681. The van der Waals surface area contributed by atoms with Gasteiger partial charge in [-0.1, -0.05) is 11.6 Å². The van der Waals surface area contributed by atoms with Crippen LogP contribution in [0.3, 0.4) is 0 Å². The Morgan fingerprint density at radius 2 is 2.42 bits per heavy atom. The number of aliphatic hydroxyl groups excluding tert-OH is 1. The molecule has 2 aromatic heterocycles. The van der Waals surface area contributed by atoms with Crippen LogP contribution in [0.15, 0.2) is 6.33 Å². The predicted molar refractivity (Wildman–Crippen MR) is 65.3 cm³/mol. The van der Waals surface area contributed by atoms with Crippen molar-refractivity contribution in [3.8, 4) is 0 Å². The van der Waals surface area contributed by atoms with E-state index in [4.69, 9.17) is 27.2 Å². The van der Waals surface area contributed by atoms with Crippen molar-refractivity contribution in [2.24, 2.45) is 0 Å². The minimum atomic E-state index is -1.75. The second-order valence-corrected chi connectivity index (χ2v) is 4.83. The summed E-state index contributed by atoms with van der Waals surface area (Å²) in [4.78, 5) is 11.9. The first kappa shape index (κ1) is 12.5. The fraction of sp³-hybridized carbons (Fsp3) is 0.500. The maximum Gasteiger partial charge on any atom is 0.223 e. The van der Waals surface area contributed by atoms with Gasteiger partial charge >= 0.3 is 0 Å². The van der Waals surface area contributed by atoms with Gasteiger partial charge in [0.2, 0.25) is 5.95 Å². The van der Waals surface area contributed by atoms with Crippen LogP contribution in [0.5, 0.6) is 0 Å². The molecule has 0 aliphatic carbocycles. The number of fused-ring (bicyclic) bond motifs is 1. The zero-order valence-corrected chi connectivity index (χ0v) is 10.5. The van der Waals surface area contributed by atoms with Crippen LogP contribution in [-0.4, -0.2) is 43.5 Å². The summed E-state index contributed by atoms with van der Waals surface area (Å²) in [5.74, 6) is 0.00548. The molecule has 2 aromatic rings. The normalized spacial score (nSPS) is 27.2. The maximum atomic E-state index is 14.0. The van der Waals surface area contributed by atoms with Crippen LogP contribution in [0.1, 0.15) is 12.6 Å². The summed E-state index contributed by atoms with van der Waals surface area (Å²) in [6, 6.07) is 0. The van der Waals surface area contributed by atoms with Crippen LogP contribution < -0.4 is 5.73 Å². The smallest absolute Gasteiger partial charge is 0.223 e. The van der Waals surface area contributed by atoms with Gasteiger partial charge in [0.05, 0.1) is 19.5 Å². The fourth-order valence-electron chi connectivity index (χ4n) is 2.07. The first-order valence-corrected chi connectivity index (χ1v) is 5.97. The van der Waals surface area contributed by atoms with Crippen LogP contribution in [0.2, 0.25) is 5.15 Å². The minimum absolute atomic E-state index is 0.00548. The molecule has 1 aliphatic heterocycles. The Morgan fingerprint density at radius 3 is 3.11 bits per heavy atom. The molecule has 3 N–H and O–H groups in total. The molecule has 3 heterocycles. The second-order valence-electron chi connectivity index (χ2n) is 4.48. The molecule has 3 rings (SSSR count). The lowest BCUT2D eigenvalue weighted by Crippen LogP contribution is -2.27. The number of aromatic nitrogens is 4. The summed E-state index contributed by atoms with van der Waals surface area (Å²) < 4.78 is 20.8. The zero-order valence-electron chi connectivity index (χ0n) is 9.75. The minimum Gasteiger partial charge on any atom is -0.393 e. The number of rotatable bonds is 2. The van der Waals surface area contributed by atoms with Crippen LogP contribution in [0.25, 0.3) is 11.2 Å². The molecule has 1 fully saturated rings. The van der Waals surface area contributed by atoms with E-state index in [2.05, 4.69) is 15.0 Å². The molecular formula is C10H11ClFN5O2. The highest BCUT2D eigenvalue weighted by atomic mass is 35.5. The van der Waals surface area contributed by atoms with Gasteiger partial charge in [-0.2, -0.15) is 9.97 Å². The molecule has 0 radical (unpaired) electrons. The Bertz CT molecular complexity index is 636. The molecule has 1 aliphatic rings. The lowest BCUT2D eigenvalue weighted by Gasteiger charge is -2.14. The van der Waals surface area contributed by atoms with Gasteiger partial charge in [0.1, 0.15) is 11.7 Å². The van der Waals surface area contributed by atoms with E-state index < -0.39 is 18.5 Å². The third kappa shape index (κ3) is 2.01. The van der Waals surface area contributed by atoms with Crippen molar-refractivity contribution >= 4 is 28.7 Å². The first-order valence-electron chi connectivity index (χ1n) is 5.59. The third-order valence-electron chi connectivity index (χ3n) is 3.06. The summed E-state index contributed by atoms with van der Waals surface area (Å²) in [6.07, 6.45) is 0.849. The number of nitrogens with two attached hydrogens (primary N) is 1. The van der Waals surface area contributed by atoms with E-state index in [-0.39, 0.29) is 24.1 Å². The summed E-state index contributed by atoms with van der Waals surface area (Å²) in [5, 5.41) is 9.13. The van der Waals surface area contributed by atoms with Crippen LogP contribution in [0, 0.1) is 0 Å². The zero-order chi connectivity index (χ0) is 13.6. The molecule has 0 unspecified atom stereocenters. The monoisotopic (exact) mass is 287 g/mol. The van der Waals surface area contributed by atoms with Crippen LogP contribution in [0.4, 0.5) is 10.3 Å². The second kappa shape index (κ2) is 4.26. The molecule has 1 saturated heterocycles. The summed E-state index contributed by atoms with van der Waals surface area (Å²) >= 11 is 5.90. The number of halogens is 2. The molecule has 102 valence electrons. The van der Waals surface area contributed by atoms with Crippen LogP contribution in [-0.2, 0) is 4.74 Å². The van der Waals surface area contributed by atoms with E-state index in [1.54, 1.807) is 0 Å². The van der Waals surface area contributed by atoms with Gasteiger partial charge in [-0.3, -0.25) is 4.57 Å². The fourth-order valence-corrected chi connectivity index (χ4v) is 2.29. The first-order chi connectivity index (χ1) is 9.02. The Kier molecular flexibility index (Phi) is 2.80. The average Bonchev–Trinajstić information content (AvgIpc) is 2.94. The van der Waals surface area contributed by atoms with Gasteiger partial charge in [0.15, 0.2) is 16.5 Å². The topological polar surface area (TPSA) is 99.1 Å². The molecule has 0 saturated carbocycles. The van der Waals surface area contributed by atoms with Gasteiger partial charge in [-0.05, 0) is 0 Å². The van der Waals surface area contributed by atoms with Crippen molar-refractivity contribution in [1.29, 1.82) is 0 Å². The van der Waals surface area contributed by atoms with Crippen molar-refractivity contribution in [2.45, 2.75) is 18.3 Å². The van der Waals surface area contributed by atoms with E-state index in [1.807, 2.05) is 0 Å². The van der Waals surface area contributed by atoms with Crippen molar-refractivity contribution < 1.29 is 14.2 Å². The summed E-state index contributed by atoms with van der Waals surface area (Å²) in [7, 11) is 0. The van der Waals surface area contributed by atoms with Gasteiger partial charge in [0, 0.05) is 6.42 Å². The quantitative estimate of drug-likeness (QED) is 0.788. The Balaban J connectivity index is 2.03. The van der Waals surface area contributed by atoms with Gasteiger partial charge < -0.3 is 15.6 Å². The lowest BCUT2D eigenvalue weighted by molar-refractivity contribution is 0.0302. The van der Waals surface area contributed by atoms with Crippen molar-refractivity contribution in [1.82, 2.24) is 19.5 Å².